The second kappa shape index (κ2) is 35.3. The number of phosphoric ester groups is 1. The van der Waals surface area contributed by atoms with Crippen molar-refractivity contribution >= 4 is 19.8 Å². The number of hydrogen-bond acceptors (Lipinski definition) is 9. The van der Waals surface area contributed by atoms with Crippen molar-refractivity contribution in [2.75, 3.05) is 26.4 Å². The third kappa shape index (κ3) is 34.4. The molecule has 0 aromatic heterocycles. The van der Waals surface area contributed by atoms with Crippen LogP contribution in [0.25, 0.3) is 0 Å². The van der Waals surface area contributed by atoms with Gasteiger partial charge in [0.05, 0.1) is 19.8 Å². The van der Waals surface area contributed by atoms with E-state index in [9.17, 15) is 24.2 Å². The SMILES string of the molecule is CC/C=C\C/C=C\C/C=C\C/C=C\CCCCCCCCCCCCC(=O)OC(COC(=O)CCCCCC)COP(=O)(O)OCC(O)CO. The minimum absolute atomic E-state index is 0.177. The molecule has 3 unspecified atom stereocenters. The van der Waals surface area contributed by atoms with Gasteiger partial charge in [0.15, 0.2) is 6.10 Å². The summed E-state index contributed by atoms with van der Waals surface area (Å²) in [5, 5.41) is 18.2. The fraction of sp³-hybridized carbons (Fsp3) is 0.744. The fourth-order valence-corrected chi connectivity index (χ4v) is 5.60. The highest BCUT2D eigenvalue weighted by Crippen LogP contribution is 2.43. The van der Waals surface area contributed by atoms with Gasteiger partial charge in [0, 0.05) is 12.8 Å². The van der Waals surface area contributed by atoms with Gasteiger partial charge in [-0.2, -0.15) is 0 Å². The average molecular weight is 729 g/mol. The molecule has 0 saturated heterocycles. The highest BCUT2D eigenvalue weighted by molar-refractivity contribution is 7.47. The first-order chi connectivity index (χ1) is 24.2. The Balaban J connectivity index is 4.09. The number of phosphoric acid groups is 1. The zero-order valence-electron chi connectivity index (χ0n) is 31.1. The van der Waals surface area contributed by atoms with E-state index in [-0.39, 0.29) is 19.4 Å². The molecular formula is C39H69O10P. The average Bonchev–Trinajstić information content (AvgIpc) is 3.10. The smallest absolute Gasteiger partial charge is 0.462 e. The van der Waals surface area contributed by atoms with E-state index in [2.05, 4.69) is 67.0 Å². The maximum Gasteiger partial charge on any atom is 0.472 e. The summed E-state index contributed by atoms with van der Waals surface area (Å²) in [7, 11) is -4.60. The lowest BCUT2D eigenvalue weighted by molar-refractivity contribution is -0.161. The molecule has 0 aromatic rings. The van der Waals surface area contributed by atoms with Crippen LogP contribution in [0.2, 0.25) is 0 Å². The van der Waals surface area contributed by atoms with Crippen LogP contribution in [0.3, 0.4) is 0 Å². The highest BCUT2D eigenvalue weighted by atomic mass is 31.2. The van der Waals surface area contributed by atoms with E-state index in [0.29, 0.717) is 12.8 Å². The summed E-state index contributed by atoms with van der Waals surface area (Å²) >= 11 is 0. The number of carbonyl (C=O) groups is 2. The van der Waals surface area contributed by atoms with Gasteiger partial charge in [-0.25, -0.2) is 4.57 Å². The molecule has 0 saturated carbocycles. The standard InChI is InChI=1S/C39H69O10P/c1-3-5-7-9-10-11-12-13-14-15-16-17-18-19-20-21-22-23-24-25-26-27-29-31-39(43)49-37(34-46-38(42)30-28-8-6-4-2)35-48-50(44,45)47-33-36(41)32-40/h5,7,10-11,13-14,16-17,36-37,40-41H,3-4,6,8-9,12,15,18-35H2,1-2H3,(H,44,45)/b7-5-,11-10-,14-13-,17-16-. The van der Waals surface area contributed by atoms with Gasteiger partial charge in [0.1, 0.15) is 12.7 Å². The van der Waals surface area contributed by atoms with Gasteiger partial charge in [-0.1, -0.05) is 133 Å². The Morgan fingerprint density at radius 1 is 0.620 bits per heavy atom. The van der Waals surface area contributed by atoms with E-state index in [1.807, 2.05) is 0 Å². The summed E-state index contributed by atoms with van der Waals surface area (Å²) < 4.78 is 32.3. The van der Waals surface area contributed by atoms with Crippen molar-refractivity contribution < 1.29 is 47.8 Å². The molecule has 0 fully saturated rings. The van der Waals surface area contributed by atoms with Crippen LogP contribution in [0.15, 0.2) is 48.6 Å². The predicted molar refractivity (Wildman–Crippen MR) is 201 cm³/mol. The summed E-state index contributed by atoms with van der Waals surface area (Å²) in [6.07, 6.45) is 35.8. The zero-order chi connectivity index (χ0) is 37.0. The number of hydrogen-bond donors (Lipinski definition) is 3. The third-order valence-corrected chi connectivity index (χ3v) is 8.70. The topological polar surface area (TPSA) is 149 Å². The molecule has 11 heteroatoms. The summed E-state index contributed by atoms with van der Waals surface area (Å²) in [5.41, 5.74) is 0. The molecule has 50 heavy (non-hydrogen) atoms. The number of aliphatic hydroxyl groups is 2. The second-order valence-electron chi connectivity index (χ2n) is 12.6. The Bertz CT molecular complexity index is 978. The first-order valence-corrected chi connectivity index (χ1v) is 20.6. The molecule has 0 radical (unpaired) electrons. The first kappa shape index (κ1) is 47.9. The molecule has 0 heterocycles. The maximum absolute atomic E-state index is 12.5. The number of carbonyl (C=O) groups excluding carboxylic acids is 2. The number of allylic oxidation sites excluding steroid dienone is 8. The number of aliphatic hydroxyl groups excluding tert-OH is 2. The van der Waals surface area contributed by atoms with Crippen LogP contribution in [-0.4, -0.2) is 65.7 Å². The highest BCUT2D eigenvalue weighted by Gasteiger charge is 2.27. The number of ether oxygens (including phenoxy) is 2. The second-order valence-corrected chi connectivity index (χ2v) is 14.0. The molecule has 290 valence electrons. The summed E-state index contributed by atoms with van der Waals surface area (Å²) in [5.74, 6) is -0.953. The van der Waals surface area contributed by atoms with Crippen LogP contribution in [-0.2, 0) is 32.7 Å². The van der Waals surface area contributed by atoms with Crippen molar-refractivity contribution in [2.45, 2.75) is 161 Å². The van der Waals surface area contributed by atoms with E-state index in [4.69, 9.17) is 19.1 Å². The van der Waals surface area contributed by atoms with Gasteiger partial charge in [-0.15, -0.1) is 0 Å². The van der Waals surface area contributed by atoms with E-state index in [1.165, 1.54) is 38.5 Å². The molecule has 0 bridgehead atoms. The molecule has 0 aliphatic rings. The van der Waals surface area contributed by atoms with Crippen molar-refractivity contribution in [3.05, 3.63) is 48.6 Å². The normalized spacial score (nSPS) is 14.6. The van der Waals surface area contributed by atoms with Crippen LogP contribution in [0.5, 0.6) is 0 Å². The third-order valence-electron chi connectivity index (χ3n) is 7.75. The van der Waals surface area contributed by atoms with E-state index in [0.717, 1.165) is 70.6 Å². The van der Waals surface area contributed by atoms with Crippen LogP contribution in [0, 0.1) is 0 Å². The van der Waals surface area contributed by atoms with Crippen molar-refractivity contribution in [1.29, 1.82) is 0 Å². The van der Waals surface area contributed by atoms with Crippen molar-refractivity contribution in [3.63, 3.8) is 0 Å². The van der Waals surface area contributed by atoms with Gasteiger partial charge < -0.3 is 24.6 Å². The molecule has 10 nitrogen and oxygen atoms in total. The van der Waals surface area contributed by atoms with E-state index in [1.54, 1.807) is 0 Å². The minimum Gasteiger partial charge on any atom is -0.462 e. The summed E-state index contributed by atoms with van der Waals surface area (Å²) in [6, 6.07) is 0. The Kier molecular flexibility index (Phi) is 33.9. The lowest BCUT2D eigenvalue weighted by atomic mass is 10.0. The maximum atomic E-state index is 12.5. The Labute approximate surface area is 303 Å². The van der Waals surface area contributed by atoms with Crippen molar-refractivity contribution in [3.8, 4) is 0 Å². The molecule has 0 amide bonds. The zero-order valence-corrected chi connectivity index (χ0v) is 32.0. The molecule has 3 N–H and O–H groups in total. The fourth-order valence-electron chi connectivity index (χ4n) is 4.81. The van der Waals surface area contributed by atoms with Crippen molar-refractivity contribution in [2.24, 2.45) is 0 Å². The monoisotopic (exact) mass is 728 g/mol. The molecule has 0 aliphatic carbocycles. The lowest BCUT2D eigenvalue weighted by Crippen LogP contribution is -2.29. The van der Waals surface area contributed by atoms with Gasteiger partial charge in [-0.3, -0.25) is 18.6 Å². The minimum atomic E-state index is -4.60. The van der Waals surface area contributed by atoms with Crippen LogP contribution in [0.1, 0.15) is 149 Å². The van der Waals surface area contributed by atoms with Gasteiger partial charge >= 0.3 is 19.8 Å². The van der Waals surface area contributed by atoms with Gasteiger partial charge in [0.25, 0.3) is 0 Å². The summed E-state index contributed by atoms with van der Waals surface area (Å²) in [4.78, 5) is 34.4. The molecule has 0 spiro atoms. The lowest BCUT2D eigenvalue weighted by Gasteiger charge is -2.20. The molecule has 0 aromatic carbocycles. The Hall–Kier alpha value is -2.07. The molecule has 0 rings (SSSR count). The van der Waals surface area contributed by atoms with Crippen LogP contribution in [0.4, 0.5) is 0 Å². The van der Waals surface area contributed by atoms with Crippen molar-refractivity contribution in [1.82, 2.24) is 0 Å². The molecule has 3 atom stereocenters. The van der Waals surface area contributed by atoms with E-state index < -0.39 is 51.8 Å². The van der Waals surface area contributed by atoms with E-state index >= 15 is 0 Å². The van der Waals surface area contributed by atoms with Gasteiger partial charge in [0.2, 0.25) is 0 Å². The number of rotatable bonds is 35. The Morgan fingerprint density at radius 3 is 1.66 bits per heavy atom. The van der Waals surface area contributed by atoms with Crippen LogP contribution < -0.4 is 0 Å². The van der Waals surface area contributed by atoms with Gasteiger partial charge in [-0.05, 0) is 51.4 Å². The number of esters is 2. The summed E-state index contributed by atoms with van der Waals surface area (Å²) in [6.45, 7) is 2.10. The molecule has 0 aliphatic heterocycles. The Morgan fingerprint density at radius 2 is 1.10 bits per heavy atom. The number of unbranched alkanes of at least 4 members (excludes halogenated alkanes) is 13. The predicted octanol–water partition coefficient (Wildman–Crippen LogP) is 9.38. The largest absolute Gasteiger partial charge is 0.472 e. The quantitative estimate of drug-likeness (QED) is 0.0249. The van der Waals surface area contributed by atoms with Crippen LogP contribution >= 0.6 is 7.82 Å². The molecular weight excluding hydrogens is 659 g/mol. The first-order valence-electron chi connectivity index (χ1n) is 19.1.